The molecule has 0 aliphatic heterocycles. The van der Waals surface area contributed by atoms with Gasteiger partial charge in [-0.15, -0.1) is 0 Å². The lowest BCUT2D eigenvalue weighted by molar-refractivity contribution is 0.190. The standard InChI is InChI=1S/C14H27N2O2/c1-7-12(8-2)9-16(10-17)13(18)15-14(5,6)11(3)4/h11-12H,7-9H2,1-6H3,(H,15,18). The Bertz CT molecular complexity index is 271. The molecule has 4 nitrogen and oxygen atoms in total. The number of carbonyl (C=O) groups is 1. The average Bonchev–Trinajstić information content (AvgIpc) is 2.29. The molecule has 0 aliphatic carbocycles. The zero-order valence-corrected chi connectivity index (χ0v) is 12.5. The molecule has 0 spiro atoms. The molecule has 0 bridgehead atoms. The van der Waals surface area contributed by atoms with Crippen LogP contribution in [-0.2, 0) is 4.79 Å². The molecule has 3 amide bonds. The van der Waals surface area contributed by atoms with Gasteiger partial charge in [0.2, 0.25) is 0 Å². The van der Waals surface area contributed by atoms with Gasteiger partial charge in [0, 0.05) is 12.1 Å². The van der Waals surface area contributed by atoms with Crippen molar-refractivity contribution in [2.24, 2.45) is 11.8 Å². The van der Waals surface area contributed by atoms with Gasteiger partial charge in [0.05, 0.1) is 0 Å². The summed E-state index contributed by atoms with van der Waals surface area (Å²) in [7, 11) is 0. The highest BCUT2D eigenvalue weighted by molar-refractivity contribution is 5.85. The van der Waals surface area contributed by atoms with Crippen LogP contribution in [0.3, 0.4) is 0 Å². The first-order valence-corrected chi connectivity index (χ1v) is 6.75. The summed E-state index contributed by atoms with van der Waals surface area (Å²) in [5.41, 5.74) is -0.333. The number of rotatable bonds is 7. The van der Waals surface area contributed by atoms with Gasteiger partial charge in [-0.3, -0.25) is 9.69 Å². The first kappa shape index (κ1) is 16.9. The van der Waals surface area contributed by atoms with Gasteiger partial charge in [0.15, 0.2) is 0 Å². The Morgan fingerprint density at radius 3 is 2.11 bits per heavy atom. The van der Waals surface area contributed by atoms with Crippen molar-refractivity contribution < 1.29 is 9.59 Å². The fourth-order valence-corrected chi connectivity index (χ4v) is 1.45. The first-order chi connectivity index (χ1) is 8.28. The molecule has 0 aromatic carbocycles. The third kappa shape index (κ3) is 5.07. The van der Waals surface area contributed by atoms with Crippen molar-refractivity contribution in [3.8, 4) is 0 Å². The minimum atomic E-state index is -0.351. The Morgan fingerprint density at radius 2 is 1.78 bits per heavy atom. The predicted molar refractivity (Wildman–Crippen MR) is 73.9 cm³/mol. The van der Waals surface area contributed by atoms with E-state index in [1.807, 2.05) is 27.7 Å². The Kier molecular flexibility index (Phi) is 6.96. The molecule has 0 heterocycles. The SMILES string of the molecule is CCC(CC)CN([C]=O)C(=O)NC(C)(C)C(C)C. The minimum absolute atomic E-state index is 0.295. The van der Waals surface area contributed by atoms with Crippen molar-refractivity contribution >= 4 is 12.4 Å². The van der Waals surface area contributed by atoms with Gasteiger partial charge in [-0.2, -0.15) is 0 Å². The maximum Gasteiger partial charge on any atom is 0.324 e. The highest BCUT2D eigenvalue weighted by atomic mass is 16.2. The fraction of sp³-hybridized carbons (Fsp3) is 0.857. The summed E-state index contributed by atoms with van der Waals surface area (Å²) >= 11 is 0. The Balaban J connectivity index is 4.58. The predicted octanol–water partition coefficient (Wildman–Crippen LogP) is 2.94. The van der Waals surface area contributed by atoms with Gasteiger partial charge < -0.3 is 5.32 Å². The van der Waals surface area contributed by atoms with Crippen LogP contribution in [0.4, 0.5) is 4.79 Å². The molecule has 0 atom stereocenters. The van der Waals surface area contributed by atoms with Crippen molar-refractivity contribution in [1.82, 2.24) is 10.2 Å². The summed E-state index contributed by atoms with van der Waals surface area (Å²) in [6.45, 7) is 12.5. The van der Waals surface area contributed by atoms with E-state index < -0.39 is 0 Å². The summed E-state index contributed by atoms with van der Waals surface area (Å²) in [5.74, 6) is 0.641. The Labute approximate surface area is 111 Å². The molecule has 105 valence electrons. The zero-order chi connectivity index (χ0) is 14.3. The second-order valence-electron chi connectivity index (χ2n) is 5.69. The van der Waals surface area contributed by atoms with Crippen LogP contribution in [0.5, 0.6) is 0 Å². The molecule has 4 heteroatoms. The van der Waals surface area contributed by atoms with Crippen LogP contribution < -0.4 is 5.32 Å². The van der Waals surface area contributed by atoms with E-state index in [2.05, 4.69) is 19.2 Å². The summed E-state index contributed by atoms with van der Waals surface area (Å²) in [6.07, 6.45) is 3.64. The third-order valence-corrected chi connectivity index (χ3v) is 3.82. The summed E-state index contributed by atoms with van der Waals surface area (Å²) < 4.78 is 0. The van der Waals surface area contributed by atoms with E-state index in [1.54, 1.807) is 6.41 Å². The second kappa shape index (κ2) is 7.39. The van der Waals surface area contributed by atoms with E-state index in [0.29, 0.717) is 18.4 Å². The van der Waals surface area contributed by atoms with Crippen molar-refractivity contribution in [2.45, 2.75) is 59.9 Å². The lowest BCUT2D eigenvalue weighted by Crippen LogP contribution is -2.53. The molecule has 0 saturated carbocycles. The van der Waals surface area contributed by atoms with Gasteiger partial charge in [0.25, 0.3) is 0 Å². The van der Waals surface area contributed by atoms with Gasteiger partial charge in [-0.1, -0.05) is 40.5 Å². The molecule has 18 heavy (non-hydrogen) atoms. The van der Waals surface area contributed by atoms with Crippen LogP contribution >= 0.6 is 0 Å². The number of urea groups is 1. The van der Waals surface area contributed by atoms with E-state index >= 15 is 0 Å². The van der Waals surface area contributed by atoms with Crippen LogP contribution in [0, 0.1) is 11.8 Å². The zero-order valence-electron chi connectivity index (χ0n) is 12.5. The van der Waals surface area contributed by atoms with Gasteiger partial charge in [-0.25, -0.2) is 4.79 Å². The van der Waals surface area contributed by atoms with E-state index in [-0.39, 0.29) is 11.6 Å². The average molecular weight is 255 g/mol. The largest absolute Gasteiger partial charge is 0.332 e. The van der Waals surface area contributed by atoms with Crippen LogP contribution in [-0.4, -0.2) is 29.4 Å². The number of imide groups is 1. The molecular weight excluding hydrogens is 228 g/mol. The molecule has 0 aliphatic rings. The molecule has 0 aromatic rings. The van der Waals surface area contributed by atoms with Gasteiger partial charge in [0.1, 0.15) is 0 Å². The molecule has 0 fully saturated rings. The molecule has 0 aromatic heterocycles. The van der Waals surface area contributed by atoms with Crippen LogP contribution in [0.15, 0.2) is 0 Å². The Morgan fingerprint density at radius 1 is 1.28 bits per heavy atom. The van der Waals surface area contributed by atoms with E-state index in [4.69, 9.17) is 0 Å². The first-order valence-electron chi connectivity index (χ1n) is 6.75. The summed E-state index contributed by atoms with van der Waals surface area (Å²) in [6, 6.07) is -0.351. The number of hydrogen-bond acceptors (Lipinski definition) is 2. The Hall–Kier alpha value is -1.06. The maximum absolute atomic E-state index is 12.0. The number of nitrogens with one attached hydrogen (secondary N) is 1. The van der Waals surface area contributed by atoms with E-state index in [1.165, 1.54) is 0 Å². The number of hydrogen-bond donors (Lipinski definition) is 1. The molecule has 0 saturated heterocycles. The topological polar surface area (TPSA) is 49.4 Å². The lowest BCUT2D eigenvalue weighted by Gasteiger charge is -2.32. The molecule has 0 rings (SSSR count). The lowest BCUT2D eigenvalue weighted by atomic mass is 9.91. The van der Waals surface area contributed by atoms with Crippen LogP contribution in [0.1, 0.15) is 54.4 Å². The number of nitrogens with zero attached hydrogens (tertiary/aromatic N) is 1. The van der Waals surface area contributed by atoms with E-state index in [9.17, 15) is 9.59 Å². The summed E-state index contributed by atoms with van der Waals surface area (Å²) in [5, 5.41) is 2.88. The minimum Gasteiger partial charge on any atom is -0.332 e. The normalized spacial score (nSPS) is 11.8. The van der Waals surface area contributed by atoms with Gasteiger partial charge in [-0.05, 0) is 25.7 Å². The van der Waals surface area contributed by atoms with Crippen molar-refractivity contribution in [1.29, 1.82) is 0 Å². The number of amides is 3. The third-order valence-electron chi connectivity index (χ3n) is 3.82. The highest BCUT2D eigenvalue weighted by Gasteiger charge is 2.27. The van der Waals surface area contributed by atoms with Crippen LogP contribution in [0.25, 0.3) is 0 Å². The molecule has 1 radical (unpaired) electrons. The van der Waals surface area contributed by atoms with Crippen molar-refractivity contribution in [2.75, 3.05) is 6.54 Å². The van der Waals surface area contributed by atoms with Crippen molar-refractivity contribution in [3.05, 3.63) is 0 Å². The summed E-state index contributed by atoms with van der Waals surface area (Å²) in [4.78, 5) is 24.1. The van der Waals surface area contributed by atoms with Crippen molar-refractivity contribution in [3.63, 3.8) is 0 Å². The highest BCUT2D eigenvalue weighted by Crippen LogP contribution is 2.16. The smallest absolute Gasteiger partial charge is 0.324 e. The van der Waals surface area contributed by atoms with Gasteiger partial charge >= 0.3 is 12.4 Å². The van der Waals surface area contributed by atoms with Crippen LogP contribution in [0.2, 0.25) is 0 Å². The second-order valence-corrected chi connectivity index (χ2v) is 5.69. The quantitative estimate of drug-likeness (QED) is 0.711. The maximum atomic E-state index is 12.0. The molecule has 0 unspecified atom stereocenters. The van der Waals surface area contributed by atoms with E-state index in [0.717, 1.165) is 17.7 Å². The molecule has 1 N–H and O–H groups in total. The molecular formula is C14H27N2O2. The number of carbonyl (C=O) groups excluding carboxylic acids is 2. The monoisotopic (exact) mass is 255 g/mol. The fourth-order valence-electron chi connectivity index (χ4n) is 1.45.